The molecule has 2 heterocycles. The summed E-state index contributed by atoms with van der Waals surface area (Å²) < 4.78 is 11.7. The second kappa shape index (κ2) is 5.42. The first-order valence-corrected chi connectivity index (χ1v) is 6.17. The van der Waals surface area contributed by atoms with Gasteiger partial charge in [0.1, 0.15) is 6.61 Å². The second-order valence-electron chi connectivity index (χ2n) is 4.66. The number of H-pyrrole nitrogens is 1. The molecule has 0 amide bonds. The van der Waals surface area contributed by atoms with Gasteiger partial charge in [0.05, 0.1) is 0 Å². The number of nitrogens with one attached hydrogen (secondary N) is 1. The van der Waals surface area contributed by atoms with Gasteiger partial charge in [-0.2, -0.15) is 0 Å². The largest absolute Gasteiger partial charge is 0.461 e. The van der Waals surface area contributed by atoms with Gasteiger partial charge in [-0.1, -0.05) is 5.92 Å². The van der Waals surface area contributed by atoms with Crippen molar-refractivity contribution in [2.24, 2.45) is 0 Å². The minimum Gasteiger partial charge on any atom is -0.461 e. The average Bonchev–Trinajstić information content (AvgIpc) is 2.85. The van der Waals surface area contributed by atoms with Gasteiger partial charge in [-0.25, -0.2) is 4.79 Å². The SMILES string of the molecule is C#C[C@@]1(COC(C)=O)C=C[C@H](n2cc(C)c(=O)[nH]c2=O)O1. The number of hydrogen-bond donors (Lipinski definition) is 1. The number of carbonyl (C=O) groups is 1. The summed E-state index contributed by atoms with van der Waals surface area (Å²) in [6, 6.07) is 0. The second-order valence-corrected chi connectivity index (χ2v) is 4.66. The van der Waals surface area contributed by atoms with Crippen LogP contribution in [0.25, 0.3) is 0 Å². The molecule has 7 heteroatoms. The molecule has 0 saturated heterocycles. The highest BCUT2D eigenvalue weighted by Gasteiger charge is 2.36. The molecule has 1 aromatic rings. The van der Waals surface area contributed by atoms with Crippen LogP contribution < -0.4 is 11.2 Å². The number of aromatic amines is 1. The summed E-state index contributed by atoms with van der Waals surface area (Å²) in [6.45, 7) is 2.68. The Morgan fingerprint density at radius 3 is 2.95 bits per heavy atom. The third kappa shape index (κ3) is 2.95. The minimum atomic E-state index is -1.22. The highest BCUT2D eigenvalue weighted by Crippen LogP contribution is 2.28. The summed E-state index contributed by atoms with van der Waals surface area (Å²) in [4.78, 5) is 36.2. The van der Waals surface area contributed by atoms with Crippen molar-refractivity contribution in [2.45, 2.75) is 25.7 Å². The molecule has 1 aliphatic heterocycles. The quantitative estimate of drug-likeness (QED) is 0.475. The van der Waals surface area contributed by atoms with Crippen molar-refractivity contribution in [1.29, 1.82) is 0 Å². The lowest BCUT2D eigenvalue weighted by molar-refractivity contribution is -0.148. The molecule has 0 spiro atoms. The van der Waals surface area contributed by atoms with Crippen molar-refractivity contribution in [2.75, 3.05) is 6.61 Å². The molecule has 2 atom stereocenters. The summed E-state index contributed by atoms with van der Waals surface area (Å²) in [5, 5.41) is 0. The van der Waals surface area contributed by atoms with E-state index in [1.165, 1.54) is 17.7 Å². The van der Waals surface area contributed by atoms with E-state index >= 15 is 0 Å². The molecule has 21 heavy (non-hydrogen) atoms. The summed E-state index contributed by atoms with van der Waals surface area (Å²) in [7, 11) is 0. The van der Waals surface area contributed by atoms with E-state index in [-0.39, 0.29) is 6.61 Å². The number of esters is 1. The number of rotatable bonds is 3. The van der Waals surface area contributed by atoms with Crippen LogP contribution in [0.15, 0.2) is 27.9 Å². The molecule has 0 fully saturated rings. The summed E-state index contributed by atoms with van der Waals surface area (Å²) in [5.74, 6) is 1.92. The molecule has 2 rings (SSSR count). The van der Waals surface area contributed by atoms with Gasteiger partial charge in [0.25, 0.3) is 5.56 Å². The maximum Gasteiger partial charge on any atom is 0.330 e. The number of ether oxygens (including phenoxy) is 2. The Kier molecular flexibility index (Phi) is 3.82. The van der Waals surface area contributed by atoms with Crippen molar-refractivity contribution in [3.63, 3.8) is 0 Å². The Balaban J connectivity index is 2.27. The van der Waals surface area contributed by atoms with E-state index in [2.05, 4.69) is 10.9 Å². The van der Waals surface area contributed by atoms with E-state index in [0.717, 1.165) is 0 Å². The number of carbonyl (C=O) groups excluding carboxylic acids is 1. The van der Waals surface area contributed by atoms with Crippen LogP contribution in [-0.2, 0) is 14.3 Å². The Morgan fingerprint density at radius 2 is 2.33 bits per heavy atom. The van der Waals surface area contributed by atoms with Gasteiger partial charge in [0.15, 0.2) is 11.8 Å². The monoisotopic (exact) mass is 290 g/mol. The normalized spacial score (nSPS) is 23.8. The fraction of sp³-hybridized carbons (Fsp3) is 0.357. The minimum absolute atomic E-state index is 0.150. The standard InChI is InChI=1S/C14H14N2O5/c1-4-14(8-20-10(3)17)6-5-11(21-14)16-7-9(2)12(18)15-13(16)19/h1,5-7,11H,8H2,2-3H3,(H,15,18,19)/t11-,14+/m1/s1. The smallest absolute Gasteiger partial charge is 0.330 e. The molecular weight excluding hydrogens is 276 g/mol. The van der Waals surface area contributed by atoms with Crippen LogP contribution >= 0.6 is 0 Å². The number of aromatic nitrogens is 2. The molecule has 0 aliphatic carbocycles. The van der Waals surface area contributed by atoms with Gasteiger partial charge in [-0.15, -0.1) is 6.42 Å². The predicted molar refractivity (Wildman–Crippen MR) is 73.5 cm³/mol. The Hall–Kier alpha value is -2.59. The molecule has 0 radical (unpaired) electrons. The first-order chi connectivity index (χ1) is 9.87. The van der Waals surface area contributed by atoms with E-state index in [1.54, 1.807) is 19.1 Å². The summed E-state index contributed by atoms with van der Waals surface area (Å²) >= 11 is 0. The van der Waals surface area contributed by atoms with Crippen molar-refractivity contribution >= 4 is 5.97 Å². The van der Waals surface area contributed by atoms with E-state index in [9.17, 15) is 14.4 Å². The molecule has 1 aromatic heterocycles. The lowest BCUT2D eigenvalue weighted by atomic mass is 10.1. The Labute approximate surface area is 120 Å². The first kappa shape index (κ1) is 14.8. The molecule has 0 saturated carbocycles. The molecule has 0 bridgehead atoms. The fourth-order valence-corrected chi connectivity index (χ4v) is 1.87. The molecule has 1 N–H and O–H groups in total. The van der Waals surface area contributed by atoms with Crippen LogP contribution in [0.1, 0.15) is 18.7 Å². The van der Waals surface area contributed by atoms with Gasteiger partial charge in [-0.05, 0) is 19.1 Å². The van der Waals surface area contributed by atoms with Crippen LogP contribution in [0.2, 0.25) is 0 Å². The van der Waals surface area contributed by atoms with Crippen LogP contribution in [-0.4, -0.2) is 27.7 Å². The zero-order valence-corrected chi connectivity index (χ0v) is 11.6. The lowest BCUT2D eigenvalue weighted by Gasteiger charge is -2.23. The highest BCUT2D eigenvalue weighted by molar-refractivity contribution is 5.66. The number of nitrogens with zero attached hydrogens (tertiary/aromatic N) is 1. The third-order valence-corrected chi connectivity index (χ3v) is 3.02. The Morgan fingerprint density at radius 1 is 1.62 bits per heavy atom. The molecular formula is C14H14N2O5. The van der Waals surface area contributed by atoms with Crippen LogP contribution in [0.5, 0.6) is 0 Å². The Bertz CT molecular complexity index is 752. The number of aryl methyl sites for hydroxylation is 1. The zero-order chi connectivity index (χ0) is 15.6. The first-order valence-electron chi connectivity index (χ1n) is 6.17. The van der Waals surface area contributed by atoms with Crippen LogP contribution in [0, 0.1) is 19.3 Å². The van der Waals surface area contributed by atoms with Crippen LogP contribution in [0.4, 0.5) is 0 Å². The predicted octanol–water partition coefficient (Wildman–Crippen LogP) is -0.135. The van der Waals surface area contributed by atoms with E-state index in [0.29, 0.717) is 5.56 Å². The maximum absolute atomic E-state index is 11.8. The van der Waals surface area contributed by atoms with Crippen molar-refractivity contribution in [3.8, 4) is 12.3 Å². The van der Waals surface area contributed by atoms with E-state index < -0.39 is 29.0 Å². The van der Waals surface area contributed by atoms with E-state index in [4.69, 9.17) is 15.9 Å². The van der Waals surface area contributed by atoms with Crippen molar-refractivity contribution < 1.29 is 14.3 Å². The number of terminal acetylenes is 1. The third-order valence-electron chi connectivity index (χ3n) is 3.02. The summed E-state index contributed by atoms with van der Waals surface area (Å²) in [5.41, 5.74) is -1.92. The van der Waals surface area contributed by atoms with Crippen LogP contribution in [0.3, 0.4) is 0 Å². The fourth-order valence-electron chi connectivity index (χ4n) is 1.87. The van der Waals surface area contributed by atoms with E-state index in [1.807, 2.05) is 0 Å². The highest BCUT2D eigenvalue weighted by atomic mass is 16.6. The molecule has 0 unspecified atom stereocenters. The van der Waals surface area contributed by atoms with Gasteiger partial charge in [0, 0.05) is 18.7 Å². The van der Waals surface area contributed by atoms with Gasteiger partial charge in [-0.3, -0.25) is 19.1 Å². The lowest BCUT2D eigenvalue weighted by Crippen LogP contribution is -2.37. The number of hydrogen-bond acceptors (Lipinski definition) is 5. The maximum atomic E-state index is 11.8. The molecule has 1 aliphatic rings. The molecule has 0 aromatic carbocycles. The zero-order valence-electron chi connectivity index (χ0n) is 11.6. The van der Waals surface area contributed by atoms with Gasteiger partial charge >= 0.3 is 11.7 Å². The average molecular weight is 290 g/mol. The van der Waals surface area contributed by atoms with Crippen molar-refractivity contribution in [3.05, 3.63) is 44.8 Å². The van der Waals surface area contributed by atoms with Gasteiger partial charge < -0.3 is 9.47 Å². The van der Waals surface area contributed by atoms with Gasteiger partial charge in [0.2, 0.25) is 0 Å². The van der Waals surface area contributed by atoms with Crippen molar-refractivity contribution in [1.82, 2.24) is 9.55 Å². The molecule has 110 valence electrons. The summed E-state index contributed by atoms with van der Waals surface area (Å²) in [6.07, 6.45) is 9.15. The topological polar surface area (TPSA) is 90.4 Å². The molecule has 7 nitrogen and oxygen atoms in total.